The minimum absolute atomic E-state index is 0.677. The van der Waals surface area contributed by atoms with E-state index >= 15 is 0 Å². The Bertz CT molecular complexity index is 3260. The molecule has 3 heteroatoms. The summed E-state index contributed by atoms with van der Waals surface area (Å²) in [6.07, 6.45) is 0. The molecule has 61 heavy (non-hydrogen) atoms. The lowest BCUT2D eigenvalue weighted by molar-refractivity contribution is 1.17. The van der Waals surface area contributed by atoms with E-state index in [1.807, 2.05) is 6.07 Å². The minimum atomic E-state index is 0.677. The number of hydrogen-bond acceptors (Lipinski definition) is 2. The second kappa shape index (κ2) is 15.6. The molecule has 0 spiro atoms. The molecule has 11 rings (SSSR count). The summed E-state index contributed by atoms with van der Waals surface area (Å²) in [5.41, 5.74) is 17.5. The van der Waals surface area contributed by atoms with Crippen LogP contribution in [0.3, 0.4) is 0 Å². The third-order valence-corrected chi connectivity index (χ3v) is 11.6. The van der Waals surface area contributed by atoms with Crippen molar-refractivity contribution in [1.29, 1.82) is 0 Å². The fourth-order valence-electron chi connectivity index (χ4n) is 8.55. The van der Waals surface area contributed by atoms with Crippen LogP contribution < -0.4 is 0 Å². The molecule has 0 aliphatic rings. The maximum atomic E-state index is 5.36. The highest BCUT2D eigenvalue weighted by Gasteiger charge is 2.18. The van der Waals surface area contributed by atoms with Gasteiger partial charge in [0.2, 0.25) is 0 Å². The fraction of sp³-hybridized carbons (Fsp3) is 0. The van der Waals surface area contributed by atoms with Crippen LogP contribution in [-0.4, -0.2) is 14.5 Å². The summed E-state index contributed by atoms with van der Waals surface area (Å²) in [5, 5.41) is 2.38. The summed E-state index contributed by atoms with van der Waals surface area (Å²) in [5.74, 6) is 0.677. The van der Waals surface area contributed by atoms with E-state index in [0.29, 0.717) is 5.82 Å². The Kier molecular flexibility index (Phi) is 9.18. The van der Waals surface area contributed by atoms with Gasteiger partial charge in [-0.3, -0.25) is 0 Å². The maximum Gasteiger partial charge on any atom is 0.160 e. The molecule has 0 unspecified atom stereocenters. The molecule has 0 saturated heterocycles. The highest BCUT2D eigenvalue weighted by Crippen LogP contribution is 2.39. The third-order valence-electron chi connectivity index (χ3n) is 11.6. The second-order valence-electron chi connectivity index (χ2n) is 15.4. The van der Waals surface area contributed by atoms with Crippen molar-refractivity contribution in [1.82, 2.24) is 14.5 Å². The van der Waals surface area contributed by atoms with Gasteiger partial charge in [-0.2, -0.15) is 0 Å². The second-order valence-corrected chi connectivity index (χ2v) is 15.4. The monoisotopic (exact) mass is 777 g/mol. The molecule has 11 aromatic rings. The van der Waals surface area contributed by atoms with Gasteiger partial charge in [0.1, 0.15) is 0 Å². The van der Waals surface area contributed by atoms with Gasteiger partial charge in [0.15, 0.2) is 5.82 Å². The lowest BCUT2D eigenvalue weighted by Gasteiger charge is -2.13. The zero-order valence-corrected chi connectivity index (χ0v) is 33.4. The van der Waals surface area contributed by atoms with E-state index in [-0.39, 0.29) is 0 Å². The molecule has 9 aromatic carbocycles. The van der Waals surface area contributed by atoms with E-state index in [4.69, 9.17) is 9.97 Å². The minimum Gasteiger partial charge on any atom is -0.309 e. The van der Waals surface area contributed by atoms with Crippen LogP contribution in [0, 0.1) is 0 Å². The van der Waals surface area contributed by atoms with E-state index in [0.717, 1.165) is 55.9 Å². The summed E-state index contributed by atoms with van der Waals surface area (Å²) in [7, 11) is 0. The predicted molar refractivity (Wildman–Crippen MR) is 254 cm³/mol. The van der Waals surface area contributed by atoms with Crippen LogP contribution in [0.1, 0.15) is 0 Å². The Balaban J connectivity index is 1.07. The molecule has 286 valence electrons. The molecule has 0 amide bonds. The van der Waals surface area contributed by atoms with Crippen LogP contribution in [0.2, 0.25) is 0 Å². The van der Waals surface area contributed by atoms with Crippen LogP contribution in [-0.2, 0) is 0 Å². The molecule has 3 nitrogen and oxygen atoms in total. The molecule has 0 bridgehead atoms. The van der Waals surface area contributed by atoms with Gasteiger partial charge in [-0.1, -0.05) is 182 Å². The van der Waals surface area contributed by atoms with Gasteiger partial charge >= 0.3 is 0 Å². The van der Waals surface area contributed by atoms with Gasteiger partial charge in [-0.15, -0.1) is 0 Å². The molecule has 0 radical (unpaired) electrons. The average Bonchev–Trinajstić information content (AvgIpc) is 3.68. The molecule has 0 N–H and O–H groups in total. The van der Waals surface area contributed by atoms with E-state index in [9.17, 15) is 0 Å². The van der Waals surface area contributed by atoms with E-state index in [2.05, 4.69) is 235 Å². The Morgan fingerprint density at radius 2 is 0.623 bits per heavy atom. The van der Waals surface area contributed by atoms with Gasteiger partial charge in [0.05, 0.1) is 22.4 Å². The summed E-state index contributed by atoms with van der Waals surface area (Å²) in [6.45, 7) is 0. The number of benzene rings is 9. The molecular formula is C58H39N3. The molecule has 2 heterocycles. The Morgan fingerprint density at radius 1 is 0.246 bits per heavy atom. The van der Waals surface area contributed by atoms with Crippen molar-refractivity contribution in [2.75, 3.05) is 0 Å². The number of fused-ring (bicyclic) bond motifs is 3. The molecular weight excluding hydrogens is 739 g/mol. The van der Waals surface area contributed by atoms with E-state index in [1.165, 1.54) is 44.2 Å². The number of nitrogens with zero attached hydrogens (tertiary/aromatic N) is 3. The van der Waals surface area contributed by atoms with Crippen molar-refractivity contribution in [3.63, 3.8) is 0 Å². The SMILES string of the molecule is c1ccc(-c2cc(-c3ccccc3)cc(-c3cccc(-c4cc(-c5ccccc5)nc(-c5ccc6c7ccc(-c8ccccc8)cc7n(-c7ccccc7)c6c5)n4)c3)c2)cc1. The first-order chi connectivity index (χ1) is 30.2. The molecule has 0 aliphatic carbocycles. The van der Waals surface area contributed by atoms with Gasteiger partial charge < -0.3 is 4.57 Å². The van der Waals surface area contributed by atoms with Crippen LogP contribution in [0.15, 0.2) is 237 Å². The average molecular weight is 778 g/mol. The summed E-state index contributed by atoms with van der Waals surface area (Å²) in [4.78, 5) is 10.6. The Morgan fingerprint density at radius 3 is 1.18 bits per heavy atom. The van der Waals surface area contributed by atoms with Crippen LogP contribution >= 0.6 is 0 Å². The zero-order valence-electron chi connectivity index (χ0n) is 33.4. The van der Waals surface area contributed by atoms with E-state index in [1.54, 1.807) is 0 Å². The van der Waals surface area contributed by atoms with Crippen LogP contribution in [0.25, 0.3) is 106 Å². The quantitative estimate of drug-likeness (QED) is 0.154. The van der Waals surface area contributed by atoms with E-state index < -0.39 is 0 Å². The highest BCUT2D eigenvalue weighted by atomic mass is 15.0. The smallest absolute Gasteiger partial charge is 0.160 e. The van der Waals surface area contributed by atoms with Crippen molar-refractivity contribution in [2.24, 2.45) is 0 Å². The van der Waals surface area contributed by atoms with Gasteiger partial charge in [-0.25, -0.2) is 9.97 Å². The summed E-state index contributed by atoms with van der Waals surface area (Å²) < 4.78 is 2.37. The van der Waals surface area contributed by atoms with Gasteiger partial charge in [0.25, 0.3) is 0 Å². The third kappa shape index (κ3) is 6.98. The normalized spacial score (nSPS) is 11.3. The maximum absolute atomic E-state index is 5.36. The van der Waals surface area contributed by atoms with Crippen molar-refractivity contribution in [3.8, 4) is 84.1 Å². The first-order valence-electron chi connectivity index (χ1n) is 20.7. The first-order valence-corrected chi connectivity index (χ1v) is 20.7. The number of rotatable bonds is 8. The molecule has 0 fully saturated rings. The lowest BCUT2D eigenvalue weighted by atomic mass is 9.92. The fourth-order valence-corrected chi connectivity index (χ4v) is 8.55. The zero-order chi connectivity index (χ0) is 40.5. The van der Waals surface area contributed by atoms with Crippen molar-refractivity contribution in [2.45, 2.75) is 0 Å². The lowest BCUT2D eigenvalue weighted by Crippen LogP contribution is -1.97. The topological polar surface area (TPSA) is 30.7 Å². The highest BCUT2D eigenvalue weighted by molar-refractivity contribution is 6.11. The summed E-state index contributed by atoms with van der Waals surface area (Å²) >= 11 is 0. The Labute approximate surface area is 355 Å². The van der Waals surface area contributed by atoms with Crippen LogP contribution in [0.5, 0.6) is 0 Å². The Hall–Kier alpha value is -8.14. The number of para-hydroxylation sites is 1. The van der Waals surface area contributed by atoms with Crippen molar-refractivity contribution < 1.29 is 0 Å². The van der Waals surface area contributed by atoms with Crippen molar-refractivity contribution >= 4 is 21.8 Å². The number of aromatic nitrogens is 3. The molecule has 0 atom stereocenters. The first kappa shape index (κ1) is 36.0. The van der Waals surface area contributed by atoms with Crippen LogP contribution in [0.4, 0.5) is 0 Å². The standard InChI is InChI=1S/C58H39N3/c1-6-17-40(18-7-1)45-29-31-52-53-32-30-47(38-57(53)61(56(52)37-45)51-27-14-5-15-28-51)58-59-54(43-23-12-4-13-24-43)39-55(60-58)46-26-16-25-44(33-46)50-35-48(41-19-8-2-9-20-41)34-49(36-50)42-21-10-3-11-22-42/h1-39H. The number of hydrogen-bond donors (Lipinski definition) is 0. The molecule has 2 aromatic heterocycles. The largest absolute Gasteiger partial charge is 0.309 e. The van der Waals surface area contributed by atoms with Gasteiger partial charge in [-0.05, 0) is 99.1 Å². The predicted octanol–water partition coefficient (Wildman–Crippen LogP) is 15.2. The van der Waals surface area contributed by atoms with Crippen molar-refractivity contribution in [3.05, 3.63) is 237 Å². The van der Waals surface area contributed by atoms with Gasteiger partial charge in [0, 0.05) is 33.2 Å². The summed E-state index contributed by atoms with van der Waals surface area (Å²) in [6, 6.07) is 84.1. The molecule has 0 aliphatic heterocycles. The molecule has 0 saturated carbocycles.